The smallest absolute Gasteiger partial charge is 0.340 e. The monoisotopic (exact) mass is 407 g/mol. The fourth-order valence-corrected chi connectivity index (χ4v) is 4.27. The van der Waals surface area contributed by atoms with Crippen molar-refractivity contribution in [3.05, 3.63) is 59.9 Å². The first-order valence-corrected chi connectivity index (χ1v) is 10.1. The van der Waals surface area contributed by atoms with Crippen molar-refractivity contribution in [3.8, 4) is 5.75 Å². The highest BCUT2D eigenvalue weighted by Crippen LogP contribution is 2.49. The van der Waals surface area contributed by atoms with Crippen LogP contribution in [0.3, 0.4) is 0 Å². The third-order valence-corrected chi connectivity index (χ3v) is 5.74. The Morgan fingerprint density at radius 1 is 1.17 bits per heavy atom. The number of aromatic nitrogens is 2. The molecule has 7 heteroatoms. The van der Waals surface area contributed by atoms with E-state index in [1.165, 1.54) is 0 Å². The summed E-state index contributed by atoms with van der Waals surface area (Å²) in [6.07, 6.45) is 0.508. The summed E-state index contributed by atoms with van der Waals surface area (Å²) in [7, 11) is 1.60. The van der Waals surface area contributed by atoms with Crippen molar-refractivity contribution in [1.82, 2.24) is 14.9 Å². The van der Waals surface area contributed by atoms with Gasteiger partial charge in [-0.25, -0.2) is 9.78 Å². The molecule has 1 N–H and O–H groups in total. The van der Waals surface area contributed by atoms with Crippen LogP contribution in [0.4, 0.5) is 0 Å². The number of carbonyl (C=O) groups is 2. The SMILES string of the molecule is CCOC(=O)C1(c2nc3ccccc3[nH]2)C(CC)C(=O)N1Cc1ccc(OC)cc1. The van der Waals surface area contributed by atoms with E-state index >= 15 is 0 Å². The van der Waals surface area contributed by atoms with Crippen LogP contribution in [0.25, 0.3) is 11.0 Å². The highest BCUT2D eigenvalue weighted by molar-refractivity contribution is 6.01. The van der Waals surface area contributed by atoms with Gasteiger partial charge in [0.1, 0.15) is 11.6 Å². The Morgan fingerprint density at radius 3 is 2.53 bits per heavy atom. The van der Waals surface area contributed by atoms with Crippen LogP contribution in [0, 0.1) is 5.92 Å². The molecule has 2 atom stereocenters. The summed E-state index contributed by atoms with van der Waals surface area (Å²) < 4.78 is 10.7. The molecule has 0 saturated carbocycles. The molecule has 30 heavy (non-hydrogen) atoms. The Kier molecular flexibility index (Phi) is 5.20. The van der Waals surface area contributed by atoms with Crippen LogP contribution in [0.1, 0.15) is 31.7 Å². The second kappa shape index (κ2) is 7.82. The van der Waals surface area contributed by atoms with Gasteiger partial charge in [0.2, 0.25) is 11.4 Å². The number of carbonyl (C=O) groups excluding carboxylic acids is 2. The molecule has 2 aromatic carbocycles. The van der Waals surface area contributed by atoms with Crippen molar-refractivity contribution in [1.29, 1.82) is 0 Å². The van der Waals surface area contributed by atoms with E-state index in [9.17, 15) is 9.59 Å². The number of amides is 1. The van der Waals surface area contributed by atoms with Gasteiger partial charge < -0.3 is 19.4 Å². The topological polar surface area (TPSA) is 84.5 Å². The van der Waals surface area contributed by atoms with E-state index in [2.05, 4.69) is 4.98 Å². The second-order valence-corrected chi connectivity index (χ2v) is 7.32. The third-order valence-electron chi connectivity index (χ3n) is 5.74. The molecule has 4 rings (SSSR count). The number of aromatic amines is 1. The van der Waals surface area contributed by atoms with E-state index in [4.69, 9.17) is 14.5 Å². The van der Waals surface area contributed by atoms with E-state index in [0.717, 1.165) is 22.3 Å². The average Bonchev–Trinajstić information content (AvgIpc) is 3.20. The molecule has 7 nitrogen and oxygen atoms in total. The largest absolute Gasteiger partial charge is 0.497 e. The summed E-state index contributed by atoms with van der Waals surface area (Å²) in [5.74, 6) is 0.109. The number of H-pyrrole nitrogens is 1. The number of benzene rings is 2. The van der Waals surface area contributed by atoms with E-state index < -0.39 is 17.4 Å². The van der Waals surface area contributed by atoms with Gasteiger partial charge >= 0.3 is 5.97 Å². The number of fused-ring (bicyclic) bond motifs is 1. The fraction of sp³-hybridized carbons (Fsp3) is 0.348. The minimum Gasteiger partial charge on any atom is -0.497 e. The number of para-hydroxylation sites is 2. The van der Waals surface area contributed by atoms with Crippen LogP contribution in [-0.2, 0) is 26.4 Å². The molecule has 3 aromatic rings. The summed E-state index contributed by atoms with van der Waals surface area (Å²) in [6.45, 7) is 4.17. The third kappa shape index (κ3) is 2.93. The van der Waals surface area contributed by atoms with Crippen LogP contribution in [0.2, 0.25) is 0 Å². The summed E-state index contributed by atoms with van der Waals surface area (Å²) >= 11 is 0. The number of imidazole rings is 1. The molecule has 0 aliphatic carbocycles. The molecule has 1 fully saturated rings. The number of β-lactam (4-membered cyclic amide) rings is 1. The average molecular weight is 407 g/mol. The van der Waals surface area contributed by atoms with Crippen molar-refractivity contribution in [2.24, 2.45) is 5.92 Å². The Balaban J connectivity index is 1.81. The van der Waals surface area contributed by atoms with Gasteiger partial charge in [0.05, 0.1) is 30.7 Å². The van der Waals surface area contributed by atoms with Gasteiger partial charge in [-0.05, 0) is 43.2 Å². The molecule has 1 saturated heterocycles. The van der Waals surface area contributed by atoms with Gasteiger partial charge in [0, 0.05) is 6.54 Å². The maximum absolute atomic E-state index is 13.3. The van der Waals surface area contributed by atoms with Crippen LogP contribution in [0.15, 0.2) is 48.5 Å². The maximum atomic E-state index is 13.3. The number of ether oxygens (including phenoxy) is 2. The minimum absolute atomic E-state index is 0.0816. The summed E-state index contributed by atoms with van der Waals surface area (Å²) in [5, 5.41) is 0. The predicted octanol–water partition coefficient (Wildman–Crippen LogP) is 3.40. The van der Waals surface area contributed by atoms with Crippen LogP contribution >= 0.6 is 0 Å². The maximum Gasteiger partial charge on any atom is 0.340 e. The quantitative estimate of drug-likeness (QED) is 0.479. The van der Waals surface area contributed by atoms with Gasteiger partial charge in [-0.15, -0.1) is 0 Å². The fourth-order valence-electron chi connectivity index (χ4n) is 4.27. The number of hydrogen-bond acceptors (Lipinski definition) is 5. The lowest BCUT2D eigenvalue weighted by Gasteiger charge is -2.54. The van der Waals surface area contributed by atoms with E-state index in [1.54, 1.807) is 18.9 Å². The van der Waals surface area contributed by atoms with Gasteiger partial charge in [-0.3, -0.25) is 4.79 Å². The lowest BCUT2D eigenvalue weighted by molar-refractivity contribution is -0.196. The molecule has 1 aliphatic rings. The lowest BCUT2D eigenvalue weighted by Crippen LogP contribution is -2.72. The number of nitrogens with zero attached hydrogens (tertiary/aromatic N) is 2. The standard InChI is InChI=1S/C23H25N3O4/c1-4-17-20(27)26(14-15-10-12-16(29-3)13-11-15)23(17,22(28)30-5-2)21-24-18-8-6-7-9-19(18)25-21/h6-13,17H,4-5,14H2,1-3H3,(H,24,25). The first-order valence-electron chi connectivity index (χ1n) is 10.1. The summed E-state index contributed by atoms with van der Waals surface area (Å²) in [5.41, 5.74) is 1.17. The Hall–Kier alpha value is -3.35. The molecule has 0 spiro atoms. The van der Waals surface area contributed by atoms with E-state index in [0.29, 0.717) is 12.2 Å². The number of likely N-dealkylation sites (tertiary alicyclic amines) is 1. The highest BCUT2D eigenvalue weighted by Gasteiger charge is 2.67. The number of methoxy groups -OCH3 is 1. The molecule has 2 unspecified atom stereocenters. The Labute approximate surface area is 175 Å². The molecular weight excluding hydrogens is 382 g/mol. The van der Waals surface area contributed by atoms with E-state index in [1.807, 2.05) is 55.5 Å². The number of nitrogens with one attached hydrogen (secondary N) is 1. The zero-order chi connectivity index (χ0) is 21.3. The van der Waals surface area contributed by atoms with E-state index in [-0.39, 0.29) is 19.1 Å². The number of rotatable bonds is 7. The van der Waals surface area contributed by atoms with Crippen molar-refractivity contribution >= 4 is 22.9 Å². The predicted molar refractivity (Wildman–Crippen MR) is 112 cm³/mol. The molecule has 0 radical (unpaired) electrons. The van der Waals surface area contributed by atoms with Crippen molar-refractivity contribution in [2.75, 3.05) is 13.7 Å². The lowest BCUT2D eigenvalue weighted by atomic mass is 9.70. The summed E-state index contributed by atoms with van der Waals surface area (Å²) in [4.78, 5) is 36.0. The Bertz CT molecular complexity index is 1040. The molecule has 156 valence electrons. The van der Waals surface area contributed by atoms with Crippen LogP contribution < -0.4 is 4.74 Å². The molecule has 1 amide bonds. The van der Waals surface area contributed by atoms with Crippen molar-refractivity contribution in [3.63, 3.8) is 0 Å². The van der Waals surface area contributed by atoms with Gasteiger partial charge in [-0.2, -0.15) is 0 Å². The van der Waals surface area contributed by atoms with Crippen molar-refractivity contribution < 1.29 is 19.1 Å². The van der Waals surface area contributed by atoms with Crippen LogP contribution in [0.5, 0.6) is 5.75 Å². The summed E-state index contributed by atoms with van der Waals surface area (Å²) in [6, 6.07) is 15.0. The number of esters is 1. The normalized spacial score (nSPS) is 20.8. The highest BCUT2D eigenvalue weighted by atomic mass is 16.5. The molecule has 1 aliphatic heterocycles. The second-order valence-electron chi connectivity index (χ2n) is 7.32. The van der Waals surface area contributed by atoms with Crippen LogP contribution in [-0.4, -0.2) is 40.5 Å². The zero-order valence-electron chi connectivity index (χ0n) is 17.3. The van der Waals surface area contributed by atoms with Gasteiger partial charge in [-0.1, -0.05) is 31.2 Å². The molecular formula is C23H25N3O4. The zero-order valence-corrected chi connectivity index (χ0v) is 17.3. The van der Waals surface area contributed by atoms with Gasteiger partial charge in [0.15, 0.2) is 0 Å². The first-order chi connectivity index (χ1) is 14.6. The van der Waals surface area contributed by atoms with Gasteiger partial charge in [0.25, 0.3) is 0 Å². The molecule has 0 bridgehead atoms. The minimum atomic E-state index is -1.28. The number of hydrogen-bond donors (Lipinski definition) is 1. The Morgan fingerprint density at radius 2 is 1.90 bits per heavy atom. The first kappa shape index (κ1) is 19.9. The van der Waals surface area contributed by atoms with Crippen molar-refractivity contribution in [2.45, 2.75) is 32.4 Å². The molecule has 1 aromatic heterocycles. The molecule has 2 heterocycles.